The van der Waals surface area contributed by atoms with Crippen LogP contribution in [0.4, 0.5) is 18.9 Å². The Labute approximate surface area is 78.9 Å². The van der Waals surface area contributed by atoms with Crippen molar-refractivity contribution < 1.29 is 13.2 Å². The van der Waals surface area contributed by atoms with Gasteiger partial charge in [-0.05, 0) is 18.9 Å². The summed E-state index contributed by atoms with van der Waals surface area (Å²) in [7, 11) is 0. The molecule has 1 aliphatic rings. The molecule has 2 N–H and O–H groups in total. The summed E-state index contributed by atoms with van der Waals surface area (Å²) < 4.78 is 37.6. The summed E-state index contributed by atoms with van der Waals surface area (Å²) in [6.45, 7) is 0. The van der Waals surface area contributed by atoms with Crippen LogP contribution in [-0.4, -0.2) is 4.98 Å². The second-order valence-electron chi connectivity index (χ2n) is 3.47. The molecule has 76 valence electrons. The van der Waals surface area contributed by atoms with Crippen LogP contribution in [0.25, 0.3) is 0 Å². The molecule has 0 amide bonds. The molecule has 0 radical (unpaired) electrons. The zero-order valence-electron chi connectivity index (χ0n) is 7.30. The Bertz CT molecular complexity index is 356. The van der Waals surface area contributed by atoms with Crippen molar-refractivity contribution in [2.45, 2.75) is 24.9 Å². The van der Waals surface area contributed by atoms with E-state index < -0.39 is 11.7 Å². The Balaban J connectivity index is 2.48. The minimum Gasteiger partial charge on any atom is -0.397 e. The van der Waals surface area contributed by atoms with Crippen LogP contribution in [0.5, 0.6) is 0 Å². The predicted octanol–water partition coefficient (Wildman–Crippen LogP) is 2.56. The molecule has 1 saturated carbocycles. The fraction of sp³-hybridized carbons (Fsp3) is 0.444. The van der Waals surface area contributed by atoms with E-state index in [0.717, 1.165) is 18.9 Å². The van der Waals surface area contributed by atoms with Crippen molar-refractivity contribution in [2.24, 2.45) is 0 Å². The molecule has 0 atom stereocenters. The van der Waals surface area contributed by atoms with Crippen molar-refractivity contribution >= 4 is 5.69 Å². The third kappa shape index (κ3) is 1.66. The minimum absolute atomic E-state index is 0.0211. The summed E-state index contributed by atoms with van der Waals surface area (Å²) in [4.78, 5) is 3.76. The van der Waals surface area contributed by atoms with E-state index >= 15 is 0 Å². The molecule has 1 aromatic heterocycles. The molecular weight excluding hydrogens is 193 g/mol. The summed E-state index contributed by atoms with van der Waals surface area (Å²) in [5, 5.41) is 0. The normalized spacial score (nSPS) is 17.1. The summed E-state index contributed by atoms with van der Waals surface area (Å²) in [5.41, 5.74) is 4.80. The first kappa shape index (κ1) is 9.30. The lowest BCUT2D eigenvalue weighted by molar-refractivity contribution is -0.138. The smallest absolute Gasteiger partial charge is 0.397 e. The predicted molar refractivity (Wildman–Crippen MR) is 45.6 cm³/mol. The fourth-order valence-electron chi connectivity index (χ4n) is 1.40. The lowest BCUT2D eigenvalue weighted by Crippen LogP contribution is -2.11. The van der Waals surface area contributed by atoms with Crippen LogP contribution < -0.4 is 5.73 Å². The van der Waals surface area contributed by atoms with Gasteiger partial charge in [0.15, 0.2) is 0 Å². The number of anilines is 1. The van der Waals surface area contributed by atoms with Crippen LogP contribution >= 0.6 is 0 Å². The number of hydrogen-bond acceptors (Lipinski definition) is 2. The number of pyridine rings is 1. The van der Waals surface area contributed by atoms with Gasteiger partial charge in [0.2, 0.25) is 0 Å². The van der Waals surface area contributed by atoms with E-state index in [0.29, 0.717) is 0 Å². The van der Waals surface area contributed by atoms with E-state index in [9.17, 15) is 13.2 Å². The zero-order valence-corrected chi connectivity index (χ0v) is 7.30. The molecule has 5 heteroatoms. The second kappa shape index (κ2) is 2.87. The van der Waals surface area contributed by atoms with Crippen molar-refractivity contribution in [1.82, 2.24) is 4.98 Å². The lowest BCUT2D eigenvalue weighted by atomic mass is 10.1. The van der Waals surface area contributed by atoms with Gasteiger partial charge in [0.1, 0.15) is 0 Å². The van der Waals surface area contributed by atoms with E-state index in [1.54, 1.807) is 0 Å². The van der Waals surface area contributed by atoms with Crippen molar-refractivity contribution in [3.05, 3.63) is 23.5 Å². The number of nitrogens with two attached hydrogens (primary N) is 1. The SMILES string of the molecule is Nc1cnc(C2CC2)c(C(F)(F)F)c1. The maximum atomic E-state index is 12.5. The lowest BCUT2D eigenvalue weighted by Gasteiger charge is -2.11. The van der Waals surface area contributed by atoms with Crippen LogP contribution in [0.3, 0.4) is 0 Å². The molecule has 2 rings (SSSR count). The molecule has 1 fully saturated rings. The van der Waals surface area contributed by atoms with Gasteiger partial charge in [-0.25, -0.2) is 0 Å². The zero-order chi connectivity index (χ0) is 10.3. The number of alkyl halides is 3. The third-order valence-electron chi connectivity index (χ3n) is 2.21. The standard InChI is InChI=1S/C9H9F3N2/c10-9(11,12)7-3-6(13)4-14-8(7)5-1-2-5/h3-5H,1-2,13H2. The number of rotatable bonds is 1. The van der Waals surface area contributed by atoms with Crippen LogP contribution in [0.15, 0.2) is 12.3 Å². The van der Waals surface area contributed by atoms with Crippen LogP contribution in [0, 0.1) is 0 Å². The molecule has 14 heavy (non-hydrogen) atoms. The second-order valence-corrected chi connectivity index (χ2v) is 3.47. The molecule has 1 aromatic rings. The van der Waals surface area contributed by atoms with Gasteiger partial charge in [0.05, 0.1) is 23.1 Å². The number of nitrogen functional groups attached to an aromatic ring is 1. The number of hydrogen-bond donors (Lipinski definition) is 1. The van der Waals surface area contributed by atoms with Gasteiger partial charge in [0, 0.05) is 5.92 Å². The van der Waals surface area contributed by atoms with Crippen LogP contribution in [-0.2, 0) is 6.18 Å². The van der Waals surface area contributed by atoms with Crippen LogP contribution in [0.1, 0.15) is 30.0 Å². The fourth-order valence-corrected chi connectivity index (χ4v) is 1.40. The average molecular weight is 202 g/mol. The third-order valence-corrected chi connectivity index (χ3v) is 2.21. The molecule has 1 heterocycles. The highest BCUT2D eigenvalue weighted by atomic mass is 19.4. The van der Waals surface area contributed by atoms with E-state index in [2.05, 4.69) is 4.98 Å². The Morgan fingerprint density at radius 3 is 2.50 bits per heavy atom. The molecule has 0 unspecified atom stereocenters. The maximum absolute atomic E-state index is 12.5. The quantitative estimate of drug-likeness (QED) is 0.760. The molecule has 0 aliphatic heterocycles. The number of nitrogens with zero attached hydrogens (tertiary/aromatic N) is 1. The highest BCUT2D eigenvalue weighted by Gasteiger charge is 2.39. The topological polar surface area (TPSA) is 38.9 Å². The maximum Gasteiger partial charge on any atom is 0.418 e. The summed E-state index contributed by atoms with van der Waals surface area (Å²) in [5.74, 6) is -0.0211. The van der Waals surface area contributed by atoms with Gasteiger partial charge in [0.25, 0.3) is 0 Å². The summed E-state index contributed by atoms with van der Waals surface area (Å²) >= 11 is 0. The monoisotopic (exact) mass is 202 g/mol. The average Bonchev–Trinajstić information content (AvgIpc) is 2.85. The Morgan fingerprint density at radius 2 is 2.00 bits per heavy atom. The van der Waals surface area contributed by atoms with Gasteiger partial charge >= 0.3 is 6.18 Å². The van der Waals surface area contributed by atoms with Crippen molar-refractivity contribution in [3.63, 3.8) is 0 Å². The van der Waals surface area contributed by atoms with E-state index in [4.69, 9.17) is 5.73 Å². The first-order valence-corrected chi connectivity index (χ1v) is 4.31. The first-order chi connectivity index (χ1) is 6.48. The number of halogens is 3. The summed E-state index contributed by atoms with van der Waals surface area (Å²) in [6, 6.07) is 0.959. The first-order valence-electron chi connectivity index (χ1n) is 4.31. The van der Waals surface area contributed by atoms with Crippen molar-refractivity contribution in [1.29, 1.82) is 0 Å². The molecule has 0 aromatic carbocycles. The van der Waals surface area contributed by atoms with Gasteiger partial charge in [-0.2, -0.15) is 13.2 Å². The van der Waals surface area contributed by atoms with E-state index in [-0.39, 0.29) is 17.3 Å². The van der Waals surface area contributed by atoms with Gasteiger partial charge in [-0.3, -0.25) is 4.98 Å². The molecule has 0 saturated heterocycles. The van der Waals surface area contributed by atoms with Crippen molar-refractivity contribution in [2.75, 3.05) is 5.73 Å². The van der Waals surface area contributed by atoms with Gasteiger partial charge in [-0.1, -0.05) is 0 Å². The molecule has 2 nitrogen and oxygen atoms in total. The van der Waals surface area contributed by atoms with Crippen molar-refractivity contribution in [3.8, 4) is 0 Å². The highest BCUT2D eigenvalue weighted by molar-refractivity contribution is 5.43. The van der Waals surface area contributed by atoms with Crippen LogP contribution in [0.2, 0.25) is 0 Å². The largest absolute Gasteiger partial charge is 0.418 e. The Kier molecular flexibility index (Phi) is 1.90. The van der Waals surface area contributed by atoms with E-state index in [1.807, 2.05) is 0 Å². The molecule has 1 aliphatic carbocycles. The molecule has 0 spiro atoms. The van der Waals surface area contributed by atoms with Gasteiger partial charge < -0.3 is 5.73 Å². The van der Waals surface area contributed by atoms with Gasteiger partial charge in [-0.15, -0.1) is 0 Å². The number of aromatic nitrogens is 1. The van der Waals surface area contributed by atoms with E-state index in [1.165, 1.54) is 6.20 Å². The Hall–Kier alpha value is -1.26. The molecular formula is C9H9F3N2. The molecule has 0 bridgehead atoms. The Morgan fingerprint density at radius 1 is 1.36 bits per heavy atom. The highest BCUT2D eigenvalue weighted by Crippen LogP contribution is 2.45. The summed E-state index contributed by atoms with van der Waals surface area (Å²) in [6.07, 6.45) is -1.48. The minimum atomic E-state index is -4.35.